The second-order valence-electron chi connectivity index (χ2n) is 7.97. The van der Waals surface area contributed by atoms with Gasteiger partial charge in [-0.1, -0.05) is 53.0 Å². The van der Waals surface area contributed by atoms with E-state index in [4.69, 9.17) is 32.7 Å². The second kappa shape index (κ2) is 14.0. The summed E-state index contributed by atoms with van der Waals surface area (Å²) in [6, 6.07) is 17.2. The number of benzene rings is 3. The molecule has 9 nitrogen and oxygen atoms in total. The Kier molecular flexibility index (Phi) is 10.5. The molecule has 38 heavy (non-hydrogen) atoms. The van der Waals surface area contributed by atoms with E-state index < -0.39 is 17.7 Å². The maximum atomic E-state index is 12.3. The van der Waals surface area contributed by atoms with Gasteiger partial charge >= 0.3 is 11.8 Å². The van der Waals surface area contributed by atoms with E-state index in [1.54, 1.807) is 37.3 Å². The highest BCUT2D eigenvalue weighted by Crippen LogP contribution is 2.28. The van der Waals surface area contributed by atoms with Gasteiger partial charge in [-0.3, -0.25) is 14.4 Å². The van der Waals surface area contributed by atoms with Crippen LogP contribution in [0.3, 0.4) is 0 Å². The number of carbonyl (C=O) groups is 3. The van der Waals surface area contributed by atoms with Gasteiger partial charge in [0.1, 0.15) is 0 Å². The number of hydrogen-bond acceptors (Lipinski definition) is 6. The lowest BCUT2D eigenvalue weighted by Gasteiger charge is -2.13. The molecular weight excluding hydrogens is 531 g/mol. The van der Waals surface area contributed by atoms with Crippen LogP contribution in [-0.2, 0) is 20.9 Å². The maximum absolute atomic E-state index is 12.3. The number of hydrogen-bond donors (Lipinski definition) is 3. The van der Waals surface area contributed by atoms with Crippen molar-refractivity contribution in [2.24, 2.45) is 5.10 Å². The fraction of sp³-hybridized carbons (Fsp3) is 0.185. The van der Waals surface area contributed by atoms with Crippen molar-refractivity contribution in [1.29, 1.82) is 0 Å². The normalized spacial score (nSPS) is 10.6. The van der Waals surface area contributed by atoms with Gasteiger partial charge in [0.2, 0.25) is 0 Å². The first kappa shape index (κ1) is 28.5. The van der Waals surface area contributed by atoms with Gasteiger partial charge in [0, 0.05) is 12.2 Å². The lowest BCUT2D eigenvalue weighted by atomic mass is 10.1. The summed E-state index contributed by atoms with van der Waals surface area (Å²) >= 11 is 11.9. The number of nitrogens with one attached hydrogen (secondary N) is 3. The van der Waals surface area contributed by atoms with Crippen LogP contribution in [0, 0.1) is 6.92 Å². The molecule has 11 heteroatoms. The van der Waals surface area contributed by atoms with Gasteiger partial charge in [0.15, 0.2) is 18.1 Å². The fourth-order valence-corrected chi connectivity index (χ4v) is 3.39. The molecule has 0 heterocycles. The van der Waals surface area contributed by atoms with E-state index in [-0.39, 0.29) is 13.2 Å². The number of anilines is 1. The predicted octanol–water partition coefficient (Wildman–Crippen LogP) is 4.48. The van der Waals surface area contributed by atoms with E-state index in [9.17, 15) is 14.4 Å². The van der Waals surface area contributed by atoms with Gasteiger partial charge in [-0.25, -0.2) is 5.43 Å². The van der Waals surface area contributed by atoms with Gasteiger partial charge < -0.3 is 20.1 Å². The van der Waals surface area contributed by atoms with Gasteiger partial charge in [0.05, 0.1) is 22.9 Å². The van der Waals surface area contributed by atoms with Gasteiger partial charge in [-0.15, -0.1) is 0 Å². The van der Waals surface area contributed by atoms with Crippen molar-refractivity contribution in [1.82, 2.24) is 10.7 Å². The molecule has 0 fully saturated rings. The molecule has 0 bridgehead atoms. The molecule has 0 saturated heterocycles. The third-order valence-corrected chi connectivity index (χ3v) is 5.73. The van der Waals surface area contributed by atoms with E-state index in [0.29, 0.717) is 39.4 Å². The SMILES string of the molecule is CCOc1cc(/C=N\NC(=O)C(=O)NCc2ccc(C)cc2)ccc1OCC(=O)Nc1ccc(Cl)c(Cl)c1. The number of hydrazone groups is 1. The molecule has 0 atom stereocenters. The first-order chi connectivity index (χ1) is 18.2. The molecule has 0 unspecified atom stereocenters. The molecule has 0 spiro atoms. The Morgan fingerprint density at radius 3 is 2.37 bits per heavy atom. The van der Waals surface area contributed by atoms with Crippen LogP contribution in [0.4, 0.5) is 5.69 Å². The number of nitrogens with zero attached hydrogens (tertiary/aromatic N) is 1. The highest BCUT2D eigenvalue weighted by atomic mass is 35.5. The van der Waals surface area contributed by atoms with Crippen molar-refractivity contribution < 1.29 is 23.9 Å². The molecule has 0 aromatic heterocycles. The first-order valence-corrected chi connectivity index (χ1v) is 12.3. The molecule has 198 valence electrons. The van der Waals surface area contributed by atoms with Crippen LogP contribution in [0.25, 0.3) is 0 Å². The van der Waals surface area contributed by atoms with Crippen LogP contribution < -0.4 is 25.5 Å². The van der Waals surface area contributed by atoms with Gasteiger partial charge in [-0.05, 0) is 61.4 Å². The standard InChI is InChI=1S/C27H26Cl2N4O5/c1-3-37-24-12-19(15-31-33-27(36)26(35)30-14-18-6-4-17(2)5-7-18)8-11-23(24)38-16-25(34)32-20-9-10-21(28)22(29)13-20/h4-13,15H,3,14,16H2,1-2H3,(H,30,35)(H,32,34)(H,33,36)/b31-15-. The Morgan fingerprint density at radius 2 is 1.66 bits per heavy atom. The summed E-state index contributed by atoms with van der Waals surface area (Å²) in [5.74, 6) is -1.39. The molecule has 3 aromatic carbocycles. The minimum atomic E-state index is -0.897. The second-order valence-corrected chi connectivity index (χ2v) is 8.79. The summed E-state index contributed by atoms with van der Waals surface area (Å²) in [6.07, 6.45) is 1.36. The van der Waals surface area contributed by atoms with Crippen molar-refractivity contribution in [3.05, 3.63) is 87.4 Å². The van der Waals surface area contributed by atoms with E-state index in [1.807, 2.05) is 31.2 Å². The van der Waals surface area contributed by atoms with Crippen LogP contribution >= 0.6 is 23.2 Å². The van der Waals surface area contributed by atoms with E-state index in [2.05, 4.69) is 21.2 Å². The summed E-state index contributed by atoms with van der Waals surface area (Å²) in [5, 5.41) is 9.74. The first-order valence-electron chi connectivity index (χ1n) is 11.6. The highest BCUT2D eigenvalue weighted by molar-refractivity contribution is 6.42. The Hall–Kier alpha value is -4.08. The summed E-state index contributed by atoms with van der Waals surface area (Å²) in [4.78, 5) is 36.3. The number of ether oxygens (including phenoxy) is 2. The monoisotopic (exact) mass is 556 g/mol. The average molecular weight is 557 g/mol. The molecule has 0 saturated carbocycles. The molecule has 0 aliphatic carbocycles. The van der Waals surface area contributed by atoms with E-state index in [1.165, 1.54) is 12.3 Å². The summed E-state index contributed by atoms with van der Waals surface area (Å²) in [5.41, 5.74) is 5.22. The van der Waals surface area contributed by atoms with Crippen molar-refractivity contribution in [3.63, 3.8) is 0 Å². The third-order valence-electron chi connectivity index (χ3n) is 4.99. The number of rotatable bonds is 10. The van der Waals surface area contributed by atoms with Crippen LogP contribution in [0.15, 0.2) is 65.8 Å². The van der Waals surface area contributed by atoms with Gasteiger partial charge in [-0.2, -0.15) is 5.10 Å². The lowest BCUT2D eigenvalue weighted by molar-refractivity contribution is -0.139. The maximum Gasteiger partial charge on any atom is 0.329 e. The van der Waals surface area contributed by atoms with Crippen LogP contribution in [0.5, 0.6) is 11.5 Å². The third kappa shape index (κ3) is 8.79. The molecule has 3 rings (SSSR count). The molecular formula is C27H26Cl2N4O5. The quantitative estimate of drug-likeness (QED) is 0.193. The Bertz CT molecular complexity index is 1330. The summed E-state index contributed by atoms with van der Waals surface area (Å²) in [6.45, 7) is 4.06. The summed E-state index contributed by atoms with van der Waals surface area (Å²) in [7, 11) is 0. The number of aryl methyl sites for hydroxylation is 1. The molecule has 3 amide bonds. The zero-order chi connectivity index (χ0) is 27.5. The van der Waals surface area contributed by atoms with Crippen molar-refractivity contribution >= 4 is 52.8 Å². The number of amides is 3. The van der Waals surface area contributed by atoms with Crippen LogP contribution in [0.2, 0.25) is 10.0 Å². The zero-order valence-electron chi connectivity index (χ0n) is 20.7. The minimum Gasteiger partial charge on any atom is -0.490 e. The Morgan fingerprint density at radius 1 is 0.895 bits per heavy atom. The van der Waals surface area contributed by atoms with E-state index in [0.717, 1.165) is 11.1 Å². The smallest absolute Gasteiger partial charge is 0.329 e. The fourth-order valence-electron chi connectivity index (χ4n) is 3.09. The molecule has 0 radical (unpaired) electrons. The van der Waals surface area contributed by atoms with Crippen molar-refractivity contribution in [3.8, 4) is 11.5 Å². The average Bonchev–Trinajstić information content (AvgIpc) is 2.90. The number of carbonyl (C=O) groups excluding carboxylic acids is 3. The topological polar surface area (TPSA) is 118 Å². The molecule has 0 aliphatic heterocycles. The minimum absolute atomic E-state index is 0.223. The molecule has 3 N–H and O–H groups in total. The van der Waals surface area contributed by atoms with Crippen LogP contribution in [-0.4, -0.2) is 37.1 Å². The van der Waals surface area contributed by atoms with Crippen LogP contribution in [0.1, 0.15) is 23.6 Å². The van der Waals surface area contributed by atoms with Crippen molar-refractivity contribution in [2.45, 2.75) is 20.4 Å². The Labute approximate surface area is 230 Å². The van der Waals surface area contributed by atoms with E-state index >= 15 is 0 Å². The highest BCUT2D eigenvalue weighted by Gasteiger charge is 2.13. The van der Waals surface area contributed by atoms with Crippen molar-refractivity contribution in [2.75, 3.05) is 18.5 Å². The molecule has 0 aliphatic rings. The Balaban J connectivity index is 1.52. The summed E-state index contributed by atoms with van der Waals surface area (Å²) < 4.78 is 11.2. The predicted molar refractivity (Wildman–Crippen MR) is 147 cm³/mol. The zero-order valence-corrected chi connectivity index (χ0v) is 22.2. The number of halogens is 2. The lowest BCUT2D eigenvalue weighted by Crippen LogP contribution is -2.37. The largest absolute Gasteiger partial charge is 0.490 e. The van der Waals surface area contributed by atoms with Gasteiger partial charge in [0.25, 0.3) is 5.91 Å². The molecule has 3 aromatic rings.